The second-order valence-electron chi connectivity index (χ2n) is 3.41. The molecule has 1 rings (SSSR count). The minimum absolute atomic E-state index is 0. The van der Waals surface area contributed by atoms with E-state index in [9.17, 15) is 9.50 Å². The zero-order chi connectivity index (χ0) is 11.4. The standard InChI is InChI=1S/C11H15FN2O.ClH/c1-2-3-4-9(13)8-5-7(12)6-10(14)11(8)15;/h2,5-6,9,15H,1,3-4,13-14H2;1H/t9-;/m0./s1. The number of nitrogens with two attached hydrogens (primary N) is 2. The van der Waals surface area contributed by atoms with Gasteiger partial charge >= 0.3 is 0 Å². The Kier molecular flexibility index (Phi) is 5.85. The molecule has 0 unspecified atom stereocenters. The lowest BCUT2D eigenvalue weighted by atomic mass is 10.0. The molecule has 1 atom stereocenters. The van der Waals surface area contributed by atoms with Crippen LogP contribution in [0.1, 0.15) is 24.4 Å². The van der Waals surface area contributed by atoms with Gasteiger partial charge in [0.15, 0.2) is 0 Å². The maximum Gasteiger partial charge on any atom is 0.143 e. The van der Waals surface area contributed by atoms with Gasteiger partial charge in [0.25, 0.3) is 0 Å². The van der Waals surface area contributed by atoms with Crippen LogP contribution >= 0.6 is 12.4 Å². The van der Waals surface area contributed by atoms with Gasteiger partial charge in [0.05, 0.1) is 5.69 Å². The molecule has 0 saturated heterocycles. The number of hydrogen-bond acceptors (Lipinski definition) is 3. The molecule has 0 aliphatic heterocycles. The summed E-state index contributed by atoms with van der Waals surface area (Å²) in [5, 5.41) is 9.59. The van der Waals surface area contributed by atoms with Gasteiger partial charge in [-0.3, -0.25) is 0 Å². The fourth-order valence-corrected chi connectivity index (χ4v) is 1.38. The molecular formula is C11H16ClFN2O. The van der Waals surface area contributed by atoms with Crippen molar-refractivity contribution in [2.45, 2.75) is 18.9 Å². The minimum Gasteiger partial charge on any atom is -0.505 e. The molecule has 5 N–H and O–H groups in total. The second-order valence-corrected chi connectivity index (χ2v) is 3.41. The Balaban J connectivity index is 0.00000225. The van der Waals surface area contributed by atoms with E-state index in [1.54, 1.807) is 6.08 Å². The Bertz CT molecular complexity index is 371. The predicted molar refractivity (Wildman–Crippen MR) is 66.1 cm³/mol. The highest BCUT2D eigenvalue weighted by Gasteiger charge is 2.14. The molecule has 1 aromatic rings. The highest BCUT2D eigenvalue weighted by atomic mass is 35.5. The van der Waals surface area contributed by atoms with Crippen molar-refractivity contribution >= 4 is 18.1 Å². The molecule has 0 aromatic heterocycles. The molecule has 0 spiro atoms. The topological polar surface area (TPSA) is 72.3 Å². The molecule has 0 saturated carbocycles. The first-order valence-electron chi connectivity index (χ1n) is 4.70. The first-order valence-corrected chi connectivity index (χ1v) is 4.70. The number of phenolic OH excluding ortho intramolecular Hbond substituents is 1. The van der Waals surface area contributed by atoms with Crippen molar-refractivity contribution in [3.63, 3.8) is 0 Å². The van der Waals surface area contributed by atoms with Crippen LogP contribution in [0.3, 0.4) is 0 Å². The van der Waals surface area contributed by atoms with E-state index < -0.39 is 11.9 Å². The third-order valence-corrected chi connectivity index (χ3v) is 2.21. The zero-order valence-corrected chi connectivity index (χ0v) is 9.64. The lowest BCUT2D eigenvalue weighted by molar-refractivity contribution is 0.458. The second kappa shape index (κ2) is 6.35. The van der Waals surface area contributed by atoms with Gasteiger partial charge in [-0.2, -0.15) is 0 Å². The molecule has 0 heterocycles. The van der Waals surface area contributed by atoms with Gasteiger partial charge in [0.1, 0.15) is 11.6 Å². The molecule has 0 bridgehead atoms. The van der Waals surface area contributed by atoms with Gasteiger partial charge in [-0.05, 0) is 18.9 Å². The summed E-state index contributed by atoms with van der Waals surface area (Å²) in [5.41, 5.74) is 11.6. The van der Waals surface area contributed by atoms with Crippen LogP contribution in [0.25, 0.3) is 0 Å². The fourth-order valence-electron chi connectivity index (χ4n) is 1.38. The molecule has 0 aliphatic carbocycles. The van der Waals surface area contributed by atoms with Crippen LogP contribution in [0.4, 0.5) is 10.1 Å². The van der Waals surface area contributed by atoms with Crippen LogP contribution in [-0.2, 0) is 0 Å². The number of hydrogen-bond donors (Lipinski definition) is 3. The largest absolute Gasteiger partial charge is 0.505 e. The van der Waals surface area contributed by atoms with Gasteiger partial charge in [-0.1, -0.05) is 6.08 Å². The van der Waals surface area contributed by atoms with Crippen LogP contribution in [0.5, 0.6) is 5.75 Å². The fraction of sp³-hybridized carbons (Fsp3) is 0.273. The first-order chi connectivity index (χ1) is 7.06. The molecule has 0 radical (unpaired) electrons. The van der Waals surface area contributed by atoms with Crippen molar-refractivity contribution in [3.05, 3.63) is 36.2 Å². The number of halogens is 2. The van der Waals surface area contributed by atoms with Crippen molar-refractivity contribution < 1.29 is 9.50 Å². The summed E-state index contributed by atoms with van der Waals surface area (Å²) in [6.07, 6.45) is 3.02. The summed E-state index contributed by atoms with van der Waals surface area (Å²) < 4.78 is 13.0. The Morgan fingerprint density at radius 3 is 2.69 bits per heavy atom. The molecule has 90 valence electrons. The summed E-state index contributed by atoms with van der Waals surface area (Å²) in [6.45, 7) is 3.57. The van der Waals surface area contributed by atoms with E-state index in [-0.39, 0.29) is 23.8 Å². The number of rotatable bonds is 4. The van der Waals surface area contributed by atoms with Crippen LogP contribution in [0, 0.1) is 5.82 Å². The molecule has 3 nitrogen and oxygen atoms in total. The van der Waals surface area contributed by atoms with Crippen molar-refractivity contribution in [3.8, 4) is 5.75 Å². The minimum atomic E-state index is -0.491. The number of allylic oxidation sites excluding steroid dienone is 1. The molecular weight excluding hydrogens is 231 g/mol. The van der Waals surface area contributed by atoms with Crippen LogP contribution in [-0.4, -0.2) is 5.11 Å². The van der Waals surface area contributed by atoms with E-state index in [1.165, 1.54) is 6.07 Å². The lowest BCUT2D eigenvalue weighted by Crippen LogP contribution is -2.11. The maximum absolute atomic E-state index is 13.0. The average molecular weight is 247 g/mol. The van der Waals surface area contributed by atoms with E-state index in [2.05, 4.69) is 6.58 Å². The van der Waals surface area contributed by atoms with Crippen LogP contribution in [0.2, 0.25) is 0 Å². The van der Waals surface area contributed by atoms with Gasteiger partial charge < -0.3 is 16.6 Å². The third-order valence-electron chi connectivity index (χ3n) is 2.21. The highest BCUT2D eigenvalue weighted by molar-refractivity contribution is 5.85. The number of aromatic hydroxyl groups is 1. The van der Waals surface area contributed by atoms with Crippen molar-refractivity contribution in [1.29, 1.82) is 0 Å². The number of anilines is 1. The zero-order valence-electron chi connectivity index (χ0n) is 8.82. The normalized spacial score (nSPS) is 11.6. The van der Waals surface area contributed by atoms with Crippen molar-refractivity contribution in [2.24, 2.45) is 5.73 Å². The van der Waals surface area contributed by atoms with E-state index >= 15 is 0 Å². The summed E-state index contributed by atoms with van der Waals surface area (Å²) >= 11 is 0. The average Bonchev–Trinajstić information content (AvgIpc) is 2.19. The van der Waals surface area contributed by atoms with Crippen molar-refractivity contribution in [1.82, 2.24) is 0 Å². The Hall–Kier alpha value is -1.26. The maximum atomic E-state index is 13.0. The van der Waals surface area contributed by atoms with Crippen LogP contribution < -0.4 is 11.5 Å². The lowest BCUT2D eigenvalue weighted by Gasteiger charge is -2.14. The third kappa shape index (κ3) is 3.40. The van der Waals surface area contributed by atoms with Crippen molar-refractivity contribution in [2.75, 3.05) is 5.73 Å². The van der Waals surface area contributed by atoms with E-state index in [0.29, 0.717) is 18.4 Å². The quantitative estimate of drug-likeness (QED) is 0.434. The number of nitrogen functional groups attached to an aromatic ring is 1. The van der Waals surface area contributed by atoms with Gasteiger partial charge in [-0.15, -0.1) is 19.0 Å². The summed E-state index contributed by atoms with van der Waals surface area (Å²) in [5.74, 6) is -0.623. The van der Waals surface area contributed by atoms with E-state index in [4.69, 9.17) is 11.5 Å². The predicted octanol–water partition coefficient (Wildman–Crippen LogP) is 2.50. The molecule has 1 aromatic carbocycles. The van der Waals surface area contributed by atoms with E-state index in [1.807, 2.05) is 0 Å². The molecule has 5 heteroatoms. The Morgan fingerprint density at radius 2 is 2.12 bits per heavy atom. The smallest absolute Gasteiger partial charge is 0.143 e. The molecule has 0 aliphatic rings. The molecule has 16 heavy (non-hydrogen) atoms. The molecule has 0 amide bonds. The summed E-state index contributed by atoms with van der Waals surface area (Å²) in [7, 11) is 0. The van der Waals surface area contributed by atoms with Gasteiger partial charge in [0.2, 0.25) is 0 Å². The Morgan fingerprint density at radius 1 is 1.50 bits per heavy atom. The summed E-state index contributed by atoms with van der Waals surface area (Å²) in [4.78, 5) is 0. The number of benzene rings is 1. The number of phenols is 1. The SMILES string of the molecule is C=CCC[C@H](N)c1cc(F)cc(N)c1O.Cl. The Labute approximate surface area is 100 Å². The van der Waals surface area contributed by atoms with E-state index in [0.717, 1.165) is 6.07 Å². The van der Waals surface area contributed by atoms with Crippen LogP contribution in [0.15, 0.2) is 24.8 Å². The first kappa shape index (κ1) is 14.7. The highest BCUT2D eigenvalue weighted by Crippen LogP contribution is 2.31. The van der Waals surface area contributed by atoms with Gasteiger partial charge in [0, 0.05) is 17.7 Å². The monoisotopic (exact) mass is 246 g/mol. The summed E-state index contributed by atoms with van der Waals surface area (Å²) in [6, 6.07) is 1.85. The van der Waals surface area contributed by atoms with Gasteiger partial charge in [-0.25, -0.2) is 4.39 Å². The molecule has 0 fully saturated rings.